The summed E-state index contributed by atoms with van der Waals surface area (Å²) in [6, 6.07) is 15.3. The Bertz CT molecular complexity index is 614. The van der Waals surface area contributed by atoms with Gasteiger partial charge < -0.3 is 19.7 Å². The molecule has 0 aliphatic rings. The molecule has 0 radical (unpaired) electrons. The summed E-state index contributed by atoms with van der Waals surface area (Å²) >= 11 is 0. The summed E-state index contributed by atoms with van der Waals surface area (Å²) in [6.45, 7) is 0.958. The first kappa shape index (κ1) is 18.3. The van der Waals surface area contributed by atoms with Crippen molar-refractivity contribution in [2.45, 2.75) is 19.1 Å². The molecule has 0 saturated heterocycles. The Morgan fingerprint density at radius 2 is 1.62 bits per heavy atom. The molecular formula is C19H25NO4. The van der Waals surface area contributed by atoms with Gasteiger partial charge in [-0.3, -0.25) is 4.90 Å². The van der Waals surface area contributed by atoms with Crippen molar-refractivity contribution >= 4 is 0 Å². The molecule has 24 heavy (non-hydrogen) atoms. The van der Waals surface area contributed by atoms with Gasteiger partial charge in [0, 0.05) is 24.7 Å². The first-order chi connectivity index (χ1) is 11.7. The maximum Gasteiger partial charge on any atom is 0.127 e. The molecule has 0 fully saturated rings. The number of aliphatic hydroxyl groups excluding tert-OH is 2. The van der Waals surface area contributed by atoms with E-state index in [-0.39, 0.29) is 19.3 Å². The minimum Gasteiger partial charge on any atom is -0.497 e. The van der Waals surface area contributed by atoms with Crippen LogP contribution in [0.1, 0.15) is 11.1 Å². The third kappa shape index (κ3) is 4.71. The van der Waals surface area contributed by atoms with E-state index in [1.54, 1.807) is 14.2 Å². The molecule has 0 bridgehead atoms. The average molecular weight is 331 g/mol. The van der Waals surface area contributed by atoms with Crippen LogP contribution >= 0.6 is 0 Å². The van der Waals surface area contributed by atoms with E-state index in [0.29, 0.717) is 13.1 Å². The molecule has 0 atom stereocenters. The number of benzene rings is 2. The van der Waals surface area contributed by atoms with Gasteiger partial charge in [0.25, 0.3) is 0 Å². The lowest BCUT2D eigenvalue weighted by atomic mass is 10.1. The largest absolute Gasteiger partial charge is 0.497 e. The zero-order valence-electron chi connectivity index (χ0n) is 14.2. The molecule has 2 N–H and O–H groups in total. The average Bonchev–Trinajstić information content (AvgIpc) is 2.63. The summed E-state index contributed by atoms with van der Waals surface area (Å²) in [4.78, 5) is 2.04. The lowest BCUT2D eigenvalue weighted by Crippen LogP contribution is -2.39. The van der Waals surface area contributed by atoms with E-state index in [1.165, 1.54) is 0 Å². The maximum absolute atomic E-state index is 9.61. The molecule has 0 heterocycles. The molecule has 2 aromatic rings. The van der Waals surface area contributed by atoms with E-state index in [0.717, 1.165) is 22.6 Å². The van der Waals surface area contributed by atoms with Crippen LogP contribution in [0.2, 0.25) is 0 Å². The number of hydrogen-bond acceptors (Lipinski definition) is 5. The highest BCUT2D eigenvalue weighted by molar-refractivity contribution is 5.40. The quantitative estimate of drug-likeness (QED) is 0.736. The summed E-state index contributed by atoms with van der Waals surface area (Å²) in [6.07, 6.45) is 0. The molecule has 2 rings (SSSR count). The second-order valence-corrected chi connectivity index (χ2v) is 5.59. The molecule has 0 saturated carbocycles. The fourth-order valence-electron chi connectivity index (χ4n) is 2.62. The normalized spacial score (nSPS) is 11.1. The minimum atomic E-state index is -0.336. The number of hydrogen-bond donors (Lipinski definition) is 2. The molecular weight excluding hydrogens is 306 g/mol. The van der Waals surface area contributed by atoms with Crippen LogP contribution < -0.4 is 9.47 Å². The SMILES string of the molecule is COc1ccc(CN(Cc2ccccc2)C(CO)CO)c(OC)c1. The third-order valence-electron chi connectivity index (χ3n) is 4.03. The van der Waals surface area contributed by atoms with Crippen LogP contribution in [0.4, 0.5) is 0 Å². The van der Waals surface area contributed by atoms with Crippen molar-refractivity contribution in [1.29, 1.82) is 0 Å². The van der Waals surface area contributed by atoms with Crippen molar-refractivity contribution in [2.75, 3.05) is 27.4 Å². The Labute approximate surface area is 143 Å². The molecule has 0 spiro atoms. The van der Waals surface area contributed by atoms with Crippen molar-refractivity contribution in [2.24, 2.45) is 0 Å². The standard InChI is InChI=1S/C19H25NO4/c1-23-18-9-8-16(19(10-18)24-2)12-20(17(13-21)14-22)11-15-6-4-3-5-7-15/h3-10,17,21-22H,11-14H2,1-2H3. The highest BCUT2D eigenvalue weighted by Gasteiger charge is 2.19. The smallest absolute Gasteiger partial charge is 0.127 e. The number of ether oxygens (including phenoxy) is 2. The summed E-state index contributed by atoms with van der Waals surface area (Å²) in [5.41, 5.74) is 2.10. The van der Waals surface area contributed by atoms with Gasteiger partial charge in [-0.15, -0.1) is 0 Å². The van der Waals surface area contributed by atoms with Crippen molar-refractivity contribution in [3.8, 4) is 11.5 Å². The van der Waals surface area contributed by atoms with E-state index in [1.807, 2.05) is 53.4 Å². The maximum atomic E-state index is 9.61. The van der Waals surface area contributed by atoms with Crippen LogP contribution in [0.25, 0.3) is 0 Å². The van der Waals surface area contributed by atoms with E-state index in [4.69, 9.17) is 9.47 Å². The van der Waals surface area contributed by atoms with E-state index in [9.17, 15) is 10.2 Å². The number of methoxy groups -OCH3 is 2. The number of nitrogens with zero attached hydrogens (tertiary/aromatic N) is 1. The monoisotopic (exact) mass is 331 g/mol. The van der Waals surface area contributed by atoms with Gasteiger partial charge in [-0.2, -0.15) is 0 Å². The lowest BCUT2D eigenvalue weighted by Gasteiger charge is -2.30. The lowest BCUT2D eigenvalue weighted by molar-refractivity contribution is 0.0627. The first-order valence-electron chi connectivity index (χ1n) is 7.92. The van der Waals surface area contributed by atoms with Crippen molar-refractivity contribution < 1.29 is 19.7 Å². The number of rotatable bonds is 9. The van der Waals surface area contributed by atoms with Crippen LogP contribution in [0, 0.1) is 0 Å². The molecule has 0 amide bonds. The van der Waals surface area contributed by atoms with Gasteiger partial charge in [0.1, 0.15) is 11.5 Å². The molecule has 130 valence electrons. The van der Waals surface area contributed by atoms with Gasteiger partial charge in [0.2, 0.25) is 0 Å². The Kier molecular flexibility index (Phi) is 7.06. The Hall–Kier alpha value is -2.08. The van der Waals surface area contributed by atoms with Gasteiger partial charge in [-0.25, -0.2) is 0 Å². The molecule has 0 aliphatic carbocycles. The van der Waals surface area contributed by atoms with E-state index < -0.39 is 0 Å². The van der Waals surface area contributed by atoms with Gasteiger partial charge in [0.05, 0.1) is 33.5 Å². The second-order valence-electron chi connectivity index (χ2n) is 5.59. The zero-order valence-corrected chi connectivity index (χ0v) is 14.2. The van der Waals surface area contributed by atoms with Crippen molar-refractivity contribution in [3.63, 3.8) is 0 Å². The topological polar surface area (TPSA) is 62.2 Å². The molecule has 2 aromatic carbocycles. The molecule has 5 heteroatoms. The molecule has 5 nitrogen and oxygen atoms in total. The zero-order chi connectivity index (χ0) is 17.4. The highest BCUT2D eigenvalue weighted by atomic mass is 16.5. The predicted octanol–water partition coefficient (Wildman–Crippen LogP) is 2.06. The summed E-state index contributed by atoms with van der Waals surface area (Å²) in [5.74, 6) is 1.45. The van der Waals surface area contributed by atoms with Crippen LogP contribution in [-0.2, 0) is 13.1 Å². The Balaban J connectivity index is 2.24. The van der Waals surface area contributed by atoms with Crippen molar-refractivity contribution in [1.82, 2.24) is 4.90 Å². The van der Waals surface area contributed by atoms with Crippen LogP contribution in [0.15, 0.2) is 48.5 Å². The predicted molar refractivity (Wildman–Crippen MR) is 93.2 cm³/mol. The van der Waals surface area contributed by atoms with Crippen LogP contribution in [0.5, 0.6) is 11.5 Å². The van der Waals surface area contributed by atoms with Crippen molar-refractivity contribution in [3.05, 3.63) is 59.7 Å². The Morgan fingerprint density at radius 1 is 0.917 bits per heavy atom. The van der Waals surface area contributed by atoms with Gasteiger partial charge in [0.15, 0.2) is 0 Å². The van der Waals surface area contributed by atoms with E-state index >= 15 is 0 Å². The second kappa shape index (κ2) is 9.27. The number of aliphatic hydroxyl groups is 2. The van der Waals surface area contributed by atoms with Gasteiger partial charge in [-0.05, 0) is 11.6 Å². The molecule has 0 aliphatic heterocycles. The van der Waals surface area contributed by atoms with E-state index in [2.05, 4.69) is 0 Å². The molecule has 0 aromatic heterocycles. The van der Waals surface area contributed by atoms with Gasteiger partial charge in [-0.1, -0.05) is 36.4 Å². The highest BCUT2D eigenvalue weighted by Crippen LogP contribution is 2.26. The Morgan fingerprint density at radius 3 is 2.21 bits per heavy atom. The first-order valence-corrected chi connectivity index (χ1v) is 7.92. The summed E-state index contributed by atoms with van der Waals surface area (Å²) in [7, 11) is 3.24. The van der Waals surface area contributed by atoms with Gasteiger partial charge >= 0.3 is 0 Å². The van der Waals surface area contributed by atoms with Crippen LogP contribution in [-0.4, -0.2) is 48.6 Å². The fourth-order valence-corrected chi connectivity index (χ4v) is 2.62. The summed E-state index contributed by atoms with van der Waals surface area (Å²) < 4.78 is 10.7. The minimum absolute atomic E-state index is 0.109. The fraction of sp³-hybridized carbons (Fsp3) is 0.368. The third-order valence-corrected chi connectivity index (χ3v) is 4.03. The molecule has 0 unspecified atom stereocenters. The summed E-state index contributed by atoms with van der Waals surface area (Å²) in [5, 5.41) is 19.2. The van der Waals surface area contributed by atoms with Crippen LogP contribution in [0.3, 0.4) is 0 Å².